The lowest BCUT2D eigenvalue weighted by atomic mass is 10.2. The zero-order chi connectivity index (χ0) is 27.0. The molecule has 0 saturated carbocycles. The summed E-state index contributed by atoms with van der Waals surface area (Å²) in [5.41, 5.74) is 5.27. The van der Waals surface area contributed by atoms with Crippen LogP contribution in [0.4, 0.5) is 0 Å². The molecule has 2 aromatic heterocycles. The summed E-state index contributed by atoms with van der Waals surface area (Å²) in [5.74, 6) is 1.51. The Morgan fingerprint density at radius 2 is 1.15 bits per heavy atom. The number of ether oxygens (including phenoxy) is 3. The molecule has 0 unspecified atom stereocenters. The highest BCUT2D eigenvalue weighted by atomic mass is 32.1. The van der Waals surface area contributed by atoms with Crippen molar-refractivity contribution in [3.8, 4) is 22.1 Å². The Morgan fingerprint density at radius 1 is 0.525 bits per heavy atom. The topological polar surface area (TPSA) is 40.6 Å². The zero-order valence-corrected chi connectivity index (χ0v) is 22.8. The van der Waals surface area contributed by atoms with Gasteiger partial charge in [-0.1, -0.05) is 78.9 Å². The summed E-state index contributed by atoms with van der Waals surface area (Å²) >= 11 is 1.76. The van der Waals surface area contributed by atoms with Crippen molar-refractivity contribution < 1.29 is 14.2 Å². The maximum absolute atomic E-state index is 6.16. The summed E-state index contributed by atoms with van der Waals surface area (Å²) in [4.78, 5) is 5.77. The molecule has 0 spiro atoms. The fourth-order valence-electron chi connectivity index (χ4n) is 4.46. The van der Waals surface area contributed by atoms with Crippen LogP contribution < -0.4 is 9.47 Å². The first-order valence-corrected chi connectivity index (χ1v) is 14.1. The number of aromatic nitrogens is 1. The first-order valence-electron chi connectivity index (χ1n) is 13.3. The molecule has 0 fully saturated rings. The van der Waals surface area contributed by atoms with Crippen LogP contribution in [0.3, 0.4) is 0 Å². The maximum atomic E-state index is 6.16. The fourth-order valence-corrected chi connectivity index (χ4v) is 5.49. The largest absolute Gasteiger partial charge is 0.489 e. The number of nitrogens with zero attached hydrogens (tertiary/aromatic N) is 1. The van der Waals surface area contributed by atoms with E-state index in [0.717, 1.165) is 44.3 Å². The molecule has 4 aromatic carbocycles. The highest BCUT2D eigenvalue weighted by Crippen LogP contribution is 2.32. The molecule has 4 nitrogen and oxygen atoms in total. The highest BCUT2D eigenvalue weighted by molar-refractivity contribution is 7.22. The number of fused-ring (bicyclic) bond motifs is 1. The van der Waals surface area contributed by atoms with Gasteiger partial charge in [-0.25, -0.2) is 0 Å². The Labute approximate surface area is 238 Å². The van der Waals surface area contributed by atoms with Crippen molar-refractivity contribution in [3.05, 3.63) is 150 Å². The summed E-state index contributed by atoms with van der Waals surface area (Å²) < 4.78 is 19.7. The Bertz CT molecular complexity index is 1590. The van der Waals surface area contributed by atoms with Gasteiger partial charge >= 0.3 is 0 Å². The zero-order valence-electron chi connectivity index (χ0n) is 22.0. The molecule has 6 aromatic rings. The molecule has 0 aliphatic carbocycles. The minimum atomic E-state index is 0.435. The number of benzene rings is 4. The van der Waals surface area contributed by atoms with Crippen LogP contribution in [-0.4, -0.2) is 4.98 Å². The minimum absolute atomic E-state index is 0.435. The van der Waals surface area contributed by atoms with Crippen LogP contribution in [0.2, 0.25) is 0 Å². The third-order valence-corrected chi connectivity index (χ3v) is 7.61. The Kier molecular flexibility index (Phi) is 8.13. The molecular formula is C35H29NO3S. The second-order valence-corrected chi connectivity index (χ2v) is 10.6. The molecule has 0 saturated heterocycles. The second-order valence-electron chi connectivity index (χ2n) is 9.55. The average molecular weight is 544 g/mol. The molecular weight excluding hydrogens is 514 g/mol. The van der Waals surface area contributed by atoms with Crippen LogP contribution in [0.25, 0.3) is 20.7 Å². The number of rotatable bonds is 11. The van der Waals surface area contributed by atoms with Gasteiger partial charge in [0.1, 0.15) is 24.7 Å². The molecule has 0 N–H and O–H groups in total. The van der Waals surface area contributed by atoms with Gasteiger partial charge in [-0.05, 0) is 64.0 Å². The van der Waals surface area contributed by atoms with E-state index in [1.165, 1.54) is 10.1 Å². The van der Waals surface area contributed by atoms with Gasteiger partial charge in [0.05, 0.1) is 23.8 Å². The van der Waals surface area contributed by atoms with E-state index in [-0.39, 0.29) is 0 Å². The molecule has 198 valence electrons. The van der Waals surface area contributed by atoms with E-state index in [1.807, 2.05) is 66.9 Å². The lowest BCUT2D eigenvalue weighted by Gasteiger charge is -2.13. The van der Waals surface area contributed by atoms with E-state index in [4.69, 9.17) is 14.2 Å². The lowest BCUT2D eigenvalue weighted by molar-refractivity contribution is 0.106. The molecule has 6 rings (SSSR count). The predicted octanol–water partition coefficient (Wildman–Crippen LogP) is 8.84. The summed E-state index contributed by atoms with van der Waals surface area (Å²) in [6.45, 7) is 1.89. The molecule has 0 bridgehead atoms. The van der Waals surface area contributed by atoms with Crippen LogP contribution in [0.1, 0.15) is 22.3 Å². The smallest absolute Gasteiger partial charge is 0.123 e. The van der Waals surface area contributed by atoms with Gasteiger partial charge in [0.25, 0.3) is 0 Å². The van der Waals surface area contributed by atoms with Crippen molar-refractivity contribution in [1.82, 2.24) is 4.98 Å². The number of thiophene rings is 1. The standard InChI is InChI=1S/C35H29NO3S/c1-3-9-26(10-4-1)24-38-31-17-29(18-32(21-31)39-25-27-11-5-2-6-12-27)23-37-22-28-15-16-36-33(19-28)35-20-30-13-7-8-14-34(30)40-35/h1-21H,22-25H2. The Morgan fingerprint density at radius 3 is 1.82 bits per heavy atom. The van der Waals surface area contributed by atoms with E-state index < -0.39 is 0 Å². The van der Waals surface area contributed by atoms with Crippen molar-refractivity contribution in [3.63, 3.8) is 0 Å². The van der Waals surface area contributed by atoms with E-state index in [2.05, 4.69) is 65.6 Å². The first kappa shape index (κ1) is 25.8. The van der Waals surface area contributed by atoms with Gasteiger partial charge in [-0.15, -0.1) is 11.3 Å². The van der Waals surface area contributed by atoms with Gasteiger partial charge in [0.2, 0.25) is 0 Å². The molecule has 0 atom stereocenters. The summed E-state index contributed by atoms with van der Waals surface area (Å²) in [7, 11) is 0. The lowest BCUT2D eigenvalue weighted by Crippen LogP contribution is -2.01. The SMILES string of the molecule is c1ccc(COc2cc(COCc3ccnc(-c4cc5ccccc5s4)c3)cc(OCc3ccccc3)c2)cc1. The Balaban J connectivity index is 1.14. The Hall–Kier alpha value is -4.45. The first-order chi connectivity index (χ1) is 19.8. The fraction of sp³-hybridized carbons (Fsp3) is 0.114. The highest BCUT2D eigenvalue weighted by Gasteiger charge is 2.08. The third-order valence-electron chi connectivity index (χ3n) is 6.48. The molecule has 0 radical (unpaired) electrons. The average Bonchev–Trinajstić information content (AvgIpc) is 3.45. The number of hydrogen-bond donors (Lipinski definition) is 0. The van der Waals surface area contributed by atoms with Gasteiger partial charge in [-0.3, -0.25) is 4.98 Å². The van der Waals surface area contributed by atoms with Crippen molar-refractivity contribution in [2.75, 3.05) is 0 Å². The van der Waals surface area contributed by atoms with Crippen LogP contribution in [0, 0.1) is 0 Å². The third kappa shape index (κ3) is 6.75. The summed E-state index contributed by atoms with van der Waals surface area (Å²) in [6, 6.07) is 41.0. The van der Waals surface area contributed by atoms with Crippen LogP contribution in [0.5, 0.6) is 11.5 Å². The predicted molar refractivity (Wildman–Crippen MR) is 162 cm³/mol. The second kappa shape index (κ2) is 12.6. The molecule has 40 heavy (non-hydrogen) atoms. The van der Waals surface area contributed by atoms with E-state index >= 15 is 0 Å². The maximum Gasteiger partial charge on any atom is 0.123 e. The number of hydrogen-bond acceptors (Lipinski definition) is 5. The van der Waals surface area contributed by atoms with Gasteiger partial charge in [0, 0.05) is 17.0 Å². The summed E-state index contributed by atoms with van der Waals surface area (Å²) in [5, 5.41) is 1.24. The monoisotopic (exact) mass is 543 g/mol. The quantitative estimate of drug-likeness (QED) is 0.164. The molecule has 2 heterocycles. The normalized spacial score (nSPS) is 11.0. The van der Waals surface area contributed by atoms with E-state index in [0.29, 0.717) is 26.4 Å². The molecule has 0 amide bonds. The minimum Gasteiger partial charge on any atom is -0.489 e. The van der Waals surface area contributed by atoms with Gasteiger partial charge < -0.3 is 14.2 Å². The number of pyridine rings is 1. The van der Waals surface area contributed by atoms with Crippen molar-refractivity contribution in [1.29, 1.82) is 0 Å². The van der Waals surface area contributed by atoms with Gasteiger partial charge in [-0.2, -0.15) is 0 Å². The molecule has 0 aliphatic heterocycles. The summed E-state index contributed by atoms with van der Waals surface area (Å²) in [6.07, 6.45) is 1.85. The van der Waals surface area contributed by atoms with Gasteiger partial charge in [0.15, 0.2) is 0 Å². The van der Waals surface area contributed by atoms with Crippen LogP contribution >= 0.6 is 11.3 Å². The molecule has 5 heteroatoms. The van der Waals surface area contributed by atoms with Crippen molar-refractivity contribution in [2.45, 2.75) is 26.4 Å². The van der Waals surface area contributed by atoms with Crippen LogP contribution in [0.15, 0.2) is 128 Å². The van der Waals surface area contributed by atoms with Crippen LogP contribution in [-0.2, 0) is 31.2 Å². The van der Waals surface area contributed by atoms with E-state index in [9.17, 15) is 0 Å². The van der Waals surface area contributed by atoms with Crippen molar-refractivity contribution in [2.24, 2.45) is 0 Å². The van der Waals surface area contributed by atoms with E-state index in [1.54, 1.807) is 11.3 Å². The molecule has 0 aliphatic rings. The van der Waals surface area contributed by atoms with Crippen molar-refractivity contribution >= 4 is 21.4 Å².